The number of piperazine rings is 1. The lowest BCUT2D eigenvalue weighted by molar-refractivity contribution is -0.138. The molecule has 2 aliphatic carbocycles. The first-order chi connectivity index (χ1) is 21.6. The van der Waals surface area contributed by atoms with Crippen molar-refractivity contribution < 1.29 is 18.4 Å². The minimum atomic E-state index is -1.64. The smallest absolute Gasteiger partial charge is 0.260 e. The lowest BCUT2D eigenvalue weighted by atomic mass is 9.59. The van der Waals surface area contributed by atoms with Crippen molar-refractivity contribution in [1.82, 2.24) is 20.1 Å². The monoisotopic (exact) mass is 611 g/mol. The second kappa shape index (κ2) is 11.4. The molecule has 1 atom stereocenters. The third-order valence-corrected chi connectivity index (χ3v) is 9.91. The number of pyridine rings is 1. The molecule has 2 saturated carbocycles. The topological polar surface area (TPSA) is 68.8 Å². The Morgan fingerprint density at radius 2 is 1.51 bits per heavy atom. The number of carbonyl (C=O) groups is 2. The summed E-state index contributed by atoms with van der Waals surface area (Å²) in [7, 11) is 2.16. The molecule has 234 valence electrons. The first-order valence-corrected chi connectivity index (χ1v) is 15.9. The van der Waals surface area contributed by atoms with Gasteiger partial charge in [0.1, 0.15) is 5.82 Å². The lowest BCUT2D eigenvalue weighted by Crippen LogP contribution is -2.58. The highest BCUT2D eigenvalue weighted by Crippen LogP contribution is 2.54. The largest absolute Gasteiger partial charge is 0.367 e. The van der Waals surface area contributed by atoms with Gasteiger partial charge in [-0.15, -0.1) is 0 Å². The Balaban J connectivity index is 1.01. The number of nitrogens with one attached hydrogen (secondary N) is 1. The van der Waals surface area contributed by atoms with E-state index in [1.165, 1.54) is 23.3 Å². The van der Waals surface area contributed by atoms with Gasteiger partial charge >= 0.3 is 0 Å². The molecule has 0 radical (unpaired) electrons. The van der Waals surface area contributed by atoms with Gasteiger partial charge in [-0.3, -0.25) is 14.6 Å². The van der Waals surface area contributed by atoms with E-state index < -0.39 is 11.6 Å². The standard InChI is InChI=1S/C36H39F2N5O2/c1-24(40-33(44)28-17-31(21-39-20-28)42-13-15-43(16-14-42)34(45)36(38)11-12-36)25-3-5-26(6-4-25)32(27-7-9-30(37)10-8-27)29-18-35(19-29)22-41(2)23-35/h3-10,17,20-21,24H,11-16,18-19,22-23H2,1-2H3,(H,40,44)/t24-/m1/s1. The predicted octanol–water partition coefficient (Wildman–Crippen LogP) is 5.39. The van der Waals surface area contributed by atoms with E-state index in [1.54, 1.807) is 17.3 Å². The minimum Gasteiger partial charge on any atom is -0.367 e. The lowest BCUT2D eigenvalue weighted by Gasteiger charge is -2.56. The average Bonchev–Trinajstić information content (AvgIpc) is 3.78. The van der Waals surface area contributed by atoms with Crippen molar-refractivity contribution in [3.05, 3.63) is 101 Å². The average molecular weight is 612 g/mol. The number of rotatable bonds is 7. The molecule has 2 aliphatic heterocycles. The maximum Gasteiger partial charge on any atom is 0.260 e. The molecule has 7 rings (SSSR count). The normalized spacial score (nSPS) is 20.7. The zero-order valence-electron chi connectivity index (χ0n) is 25.9. The Morgan fingerprint density at radius 3 is 2.11 bits per heavy atom. The molecule has 9 heteroatoms. The number of benzene rings is 2. The fourth-order valence-electron chi connectivity index (χ4n) is 7.35. The number of nitrogens with zero attached hydrogens (tertiary/aromatic N) is 4. The van der Waals surface area contributed by atoms with Gasteiger partial charge in [-0.2, -0.15) is 0 Å². The van der Waals surface area contributed by atoms with Crippen molar-refractivity contribution in [2.45, 2.75) is 44.3 Å². The molecule has 2 aromatic carbocycles. The number of alkyl halides is 1. The maximum absolute atomic E-state index is 14.2. The van der Waals surface area contributed by atoms with Crippen LogP contribution < -0.4 is 10.2 Å². The van der Waals surface area contributed by atoms with Crippen molar-refractivity contribution in [2.75, 3.05) is 51.2 Å². The van der Waals surface area contributed by atoms with Crippen molar-refractivity contribution in [2.24, 2.45) is 5.41 Å². The van der Waals surface area contributed by atoms with Crippen LogP contribution in [0.5, 0.6) is 0 Å². The number of allylic oxidation sites excluding steroid dienone is 1. The highest BCUT2D eigenvalue weighted by Gasteiger charge is 2.53. The van der Waals surface area contributed by atoms with Crippen LogP contribution in [0.3, 0.4) is 0 Å². The van der Waals surface area contributed by atoms with Crippen LogP contribution in [0.1, 0.15) is 65.7 Å². The highest BCUT2D eigenvalue weighted by atomic mass is 19.1. The van der Waals surface area contributed by atoms with Crippen LogP contribution in [-0.4, -0.2) is 78.6 Å². The molecule has 1 spiro atoms. The van der Waals surface area contributed by atoms with Crippen LogP contribution in [0.25, 0.3) is 5.57 Å². The first-order valence-electron chi connectivity index (χ1n) is 15.9. The first kappa shape index (κ1) is 29.6. The maximum atomic E-state index is 14.2. The van der Waals surface area contributed by atoms with E-state index in [-0.39, 0.29) is 17.8 Å². The Bertz CT molecular complexity index is 1630. The van der Waals surface area contributed by atoms with E-state index in [9.17, 15) is 18.4 Å². The van der Waals surface area contributed by atoms with Gasteiger partial charge in [-0.25, -0.2) is 8.78 Å². The quantitative estimate of drug-likeness (QED) is 0.388. The van der Waals surface area contributed by atoms with Gasteiger partial charge in [-0.1, -0.05) is 42.0 Å². The number of hydrogen-bond donors (Lipinski definition) is 1. The number of anilines is 1. The summed E-state index contributed by atoms with van der Waals surface area (Å²) in [5.41, 5.74) is 5.71. The minimum absolute atomic E-state index is 0.220. The number of carbonyl (C=O) groups excluding carboxylic acids is 2. The summed E-state index contributed by atoms with van der Waals surface area (Å²) >= 11 is 0. The number of halogens is 2. The molecule has 3 aromatic rings. The second-order valence-corrected chi connectivity index (χ2v) is 13.5. The summed E-state index contributed by atoms with van der Waals surface area (Å²) in [4.78, 5) is 36.0. The number of aromatic nitrogens is 1. The van der Waals surface area contributed by atoms with Crippen LogP contribution in [0.15, 0.2) is 72.6 Å². The van der Waals surface area contributed by atoms with E-state index in [0.717, 1.165) is 48.3 Å². The SMILES string of the molecule is C[C@@H](NC(=O)c1cncc(N2CCN(C(=O)C3(F)CC3)CC2)c1)c1ccc(C(=C2CC3(C2)CN(C)C3)c2ccc(F)cc2)cc1. The van der Waals surface area contributed by atoms with Crippen LogP contribution in [-0.2, 0) is 4.79 Å². The molecular weight excluding hydrogens is 572 g/mol. The summed E-state index contributed by atoms with van der Waals surface area (Å²) in [5, 5.41) is 3.10. The predicted molar refractivity (Wildman–Crippen MR) is 170 cm³/mol. The van der Waals surface area contributed by atoms with E-state index in [2.05, 4.69) is 51.4 Å². The van der Waals surface area contributed by atoms with E-state index >= 15 is 0 Å². The summed E-state index contributed by atoms with van der Waals surface area (Å²) in [5.74, 6) is -0.854. The molecule has 1 aromatic heterocycles. The zero-order valence-corrected chi connectivity index (χ0v) is 25.9. The summed E-state index contributed by atoms with van der Waals surface area (Å²) in [6.07, 6.45) is 6.05. The molecule has 2 amide bonds. The summed E-state index contributed by atoms with van der Waals surface area (Å²) < 4.78 is 28.0. The van der Waals surface area contributed by atoms with Crippen LogP contribution >= 0.6 is 0 Å². The van der Waals surface area contributed by atoms with Gasteiger partial charge in [0, 0.05) is 50.9 Å². The Kier molecular flexibility index (Phi) is 7.47. The van der Waals surface area contributed by atoms with Gasteiger partial charge < -0.3 is 20.0 Å². The Morgan fingerprint density at radius 1 is 0.889 bits per heavy atom. The summed E-state index contributed by atoms with van der Waals surface area (Å²) in [6.45, 7) is 6.23. The third-order valence-electron chi connectivity index (χ3n) is 9.91. The van der Waals surface area contributed by atoms with Crippen molar-refractivity contribution in [3.63, 3.8) is 0 Å². The molecule has 0 bridgehead atoms. The fraction of sp³-hybridized carbons (Fsp3) is 0.417. The molecule has 45 heavy (non-hydrogen) atoms. The summed E-state index contributed by atoms with van der Waals surface area (Å²) in [6, 6.07) is 16.6. The number of likely N-dealkylation sites (tertiary alicyclic amines) is 1. The molecule has 2 saturated heterocycles. The van der Waals surface area contributed by atoms with E-state index in [4.69, 9.17) is 0 Å². The number of hydrogen-bond acceptors (Lipinski definition) is 5. The molecule has 7 nitrogen and oxygen atoms in total. The molecule has 4 fully saturated rings. The van der Waals surface area contributed by atoms with Gasteiger partial charge in [0.25, 0.3) is 11.8 Å². The fourth-order valence-corrected chi connectivity index (χ4v) is 7.35. The highest BCUT2D eigenvalue weighted by molar-refractivity contribution is 5.95. The molecule has 4 aliphatic rings. The van der Waals surface area contributed by atoms with Crippen molar-refractivity contribution in [3.8, 4) is 0 Å². The van der Waals surface area contributed by atoms with Crippen LogP contribution in [0, 0.1) is 11.2 Å². The Hall–Kier alpha value is -4.11. The molecule has 0 unspecified atom stereocenters. The van der Waals surface area contributed by atoms with Crippen LogP contribution in [0.2, 0.25) is 0 Å². The van der Waals surface area contributed by atoms with Gasteiger partial charge in [-0.05, 0) is 80.1 Å². The van der Waals surface area contributed by atoms with Crippen molar-refractivity contribution >= 4 is 23.1 Å². The van der Waals surface area contributed by atoms with Gasteiger partial charge in [0.15, 0.2) is 5.67 Å². The second-order valence-electron chi connectivity index (χ2n) is 13.5. The molecular formula is C36H39F2N5O2. The van der Waals surface area contributed by atoms with E-state index in [1.807, 2.05) is 25.1 Å². The van der Waals surface area contributed by atoms with E-state index in [0.29, 0.717) is 50.0 Å². The van der Waals surface area contributed by atoms with Gasteiger partial charge in [0.2, 0.25) is 0 Å². The molecule has 1 N–H and O–H groups in total. The van der Waals surface area contributed by atoms with Gasteiger partial charge in [0.05, 0.1) is 23.5 Å². The zero-order chi connectivity index (χ0) is 31.3. The number of amides is 2. The van der Waals surface area contributed by atoms with Crippen LogP contribution in [0.4, 0.5) is 14.5 Å². The molecule has 3 heterocycles. The third kappa shape index (κ3) is 5.86. The Labute approximate surface area is 262 Å². The van der Waals surface area contributed by atoms with Crippen molar-refractivity contribution in [1.29, 1.82) is 0 Å².